The number of benzene rings is 2. The van der Waals surface area contributed by atoms with Gasteiger partial charge in [-0.3, -0.25) is 9.69 Å². The van der Waals surface area contributed by atoms with Gasteiger partial charge in [0.15, 0.2) is 0 Å². The maximum atomic E-state index is 13.2. The van der Waals surface area contributed by atoms with Crippen molar-refractivity contribution in [3.63, 3.8) is 0 Å². The van der Waals surface area contributed by atoms with Crippen molar-refractivity contribution >= 4 is 23.3 Å². The fourth-order valence-corrected chi connectivity index (χ4v) is 2.29. The van der Waals surface area contributed by atoms with E-state index in [4.69, 9.17) is 4.74 Å². The molecule has 0 spiro atoms. The van der Waals surface area contributed by atoms with Gasteiger partial charge < -0.3 is 15.4 Å². The third-order valence-electron chi connectivity index (χ3n) is 3.68. The highest BCUT2D eigenvalue weighted by Crippen LogP contribution is 2.19. The Morgan fingerprint density at radius 3 is 2.54 bits per heavy atom. The molecule has 26 heavy (non-hydrogen) atoms. The number of carbonyl (C=O) groups is 2. The number of ether oxygens (including phenoxy) is 1. The second-order valence-electron chi connectivity index (χ2n) is 5.49. The normalized spacial score (nSPS) is 10.1. The van der Waals surface area contributed by atoms with Crippen LogP contribution in [0.2, 0.25) is 0 Å². The van der Waals surface area contributed by atoms with E-state index in [1.54, 1.807) is 38.3 Å². The molecular weight excluding hydrogens is 337 g/mol. The molecule has 3 amide bonds. The molecule has 2 N–H and O–H groups in total. The number of halogens is 1. The van der Waals surface area contributed by atoms with Gasteiger partial charge in [0.25, 0.3) is 0 Å². The first-order valence-corrected chi connectivity index (χ1v) is 8.28. The van der Waals surface area contributed by atoms with E-state index in [0.29, 0.717) is 23.5 Å². The van der Waals surface area contributed by atoms with Crippen LogP contribution in [-0.2, 0) is 4.79 Å². The maximum Gasteiger partial charge on any atom is 0.326 e. The first kappa shape index (κ1) is 19.2. The van der Waals surface area contributed by atoms with Gasteiger partial charge in [-0.05, 0) is 36.4 Å². The topological polar surface area (TPSA) is 70.7 Å². The highest BCUT2D eigenvalue weighted by atomic mass is 19.1. The molecule has 0 saturated heterocycles. The van der Waals surface area contributed by atoms with Crippen LogP contribution in [-0.4, -0.2) is 32.1 Å². The molecule has 0 atom stereocenters. The van der Waals surface area contributed by atoms with Crippen molar-refractivity contribution in [3.8, 4) is 5.75 Å². The minimum atomic E-state index is -0.393. The average Bonchev–Trinajstić information content (AvgIpc) is 2.66. The Hall–Kier alpha value is -3.09. The molecule has 0 saturated carbocycles. The van der Waals surface area contributed by atoms with Gasteiger partial charge in [0, 0.05) is 37.0 Å². The summed E-state index contributed by atoms with van der Waals surface area (Å²) in [5.74, 6) is 0.129. The lowest BCUT2D eigenvalue weighted by atomic mass is 10.2. The molecule has 0 aliphatic heterocycles. The van der Waals surface area contributed by atoms with Crippen molar-refractivity contribution in [1.29, 1.82) is 0 Å². The van der Waals surface area contributed by atoms with E-state index in [2.05, 4.69) is 10.6 Å². The zero-order valence-electron chi connectivity index (χ0n) is 14.8. The molecule has 0 unspecified atom stereocenters. The minimum Gasteiger partial charge on any atom is -0.497 e. The SMILES string of the molecule is CCC(=O)NCCN(C(=O)Nc1cccc(OC)c1)c1ccc(F)cc1. The molecule has 0 aliphatic carbocycles. The standard InChI is InChI=1S/C19H22FN3O3/c1-3-18(24)21-11-12-23(16-9-7-14(20)8-10-16)19(25)22-15-5-4-6-17(13-15)26-2/h4-10,13H,3,11-12H2,1-2H3,(H,21,24)(H,22,25). The van der Waals surface area contributed by atoms with Crippen LogP contribution in [0, 0.1) is 5.82 Å². The molecule has 2 aromatic carbocycles. The van der Waals surface area contributed by atoms with E-state index < -0.39 is 6.03 Å². The second-order valence-corrected chi connectivity index (χ2v) is 5.49. The average molecular weight is 359 g/mol. The fourth-order valence-electron chi connectivity index (χ4n) is 2.29. The van der Waals surface area contributed by atoms with Crippen LogP contribution in [0.15, 0.2) is 48.5 Å². The highest BCUT2D eigenvalue weighted by Gasteiger charge is 2.16. The summed E-state index contributed by atoms with van der Waals surface area (Å²) in [6, 6.07) is 12.2. The first-order chi connectivity index (χ1) is 12.5. The zero-order chi connectivity index (χ0) is 18.9. The van der Waals surface area contributed by atoms with Crippen molar-refractivity contribution in [2.24, 2.45) is 0 Å². The van der Waals surface area contributed by atoms with E-state index in [1.807, 2.05) is 0 Å². The van der Waals surface area contributed by atoms with Crippen LogP contribution < -0.4 is 20.3 Å². The molecule has 0 aromatic heterocycles. The van der Waals surface area contributed by atoms with Crippen LogP contribution in [0.3, 0.4) is 0 Å². The maximum absolute atomic E-state index is 13.2. The number of methoxy groups -OCH3 is 1. The molecule has 0 radical (unpaired) electrons. The monoisotopic (exact) mass is 359 g/mol. The Balaban J connectivity index is 2.14. The lowest BCUT2D eigenvalue weighted by Gasteiger charge is -2.23. The second kappa shape index (κ2) is 9.41. The molecule has 0 fully saturated rings. The van der Waals surface area contributed by atoms with Gasteiger partial charge in [0.2, 0.25) is 5.91 Å². The van der Waals surface area contributed by atoms with Crippen molar-refractivity contribution in [2.75, 3.05) is 30.4 Å². The number of nitrogens with one attached hydrogen (secondary N) is 2. The molecular formula is C19H22FN3O3. The van der Waals surface area contributed by atoms with E-state index in [9.17, 15) is 14.0 Å². The van der Waals surface area contributed by atoms with Gasteiger partial charge in [-0.1, -0.05) is 13.0 Å². The van der Waals surface area contributed by atoms with Crippen molar-refractivity contribution < 1.29 is 18.7 Å². The summed E-state index contributed by atoms with van der Waals surface area (Å²) in [4.78, 5) is 25.6. The number of rotatable bonds is 7. The number of carbonyl (C=O) groups excluding carboxylic acids is 2. The van der Waals surface area contributed by atoms with Crippen molar-refractivity contribution in [3.05, 3.63) is 54.3 Å². The number of amides is 3. The minimum absolute atomic E-state index is 0.0998. The Morgan fingerprint density at radius 2 is 1.88 bits per heavy atom. The molecule has 0 aliphatic rings. The van der Waals surface area contributed by atoms with Gasteiger partial charge in [-0.2, -0.15) is 0 Å². The van der Waals surface area contributed by atoms with E-state index in [-0.39, 0.29) is 24.8 Å². The van der Waals surface area contributed by atoms with Gasteiger partial charge in [-0.25, -0.2) is 9.18 Å². The predicted octanol–water partition coefficient (Wildman–Crippen LogP) is 3.40. The van der Waals surface area contributed by atoms with Gasteiger partial charge in [0.05, 0.1) is 7.11 Å². The van der Waals surface area contributed by atoms with E-state index >= 15 is 0 Å². The Bertz CT molecular complexity index is 750. The Kier molecular flexibility index (Phi) is 6.96. The summed E-state index contributed by atoms with van der Waals surface area (Å²) in [6.07, 6.45) is 0.368. The molecule has 0 bridgehead atoms. The number of hydrogen-bond donors (Lipinski definition) is 2. The summed E-state index contributed by atoms with van der Waals surface area (Å²) in [6.45, 7) is 2.28. The van der Waals surface area contributed by atoms with Crippen LogP contribution in [0.5, 0.6) is 5.75 Å². The molecule has 6 nitrogen and oxygen atoms in total. The molecule has 138 valence electrons. The highest BCUT2D eigenvalue weighted by molar-refractivity contribution is 6.01. The lowest BCUT2D eigenvalue weighted by Crippen LogP contribution is -2.41. The smallest absolute Gasteiger partial charge is 0.326 e. The molecule has 7 heteroatoms. The Labute approximate surface area is 152 Å². The van der Waals surface area contributed by atoms with Crippen LogP contribution in [0.25, 0.3) is 0 Å². The largest absolute Gasteiger partial charge is 0.497 e. The van der Waals surface area contributed by atoms with Crippen molar-refractivity contribution in [2.45, 2.75) is 13.3 Å². The van der Waals surface area contributed by atoms with Crippen LogP contribution in [0.1, 0.15) is 13.3 Å². The van der Waals surface area contributed by atoms with E-state index in [0.717, 1.165) is 0 Å². The number of urea groups is 1. The summed E-state index contributed by atoms with van der Waals surface area (Å²) in [7, 11) is 1.54. The van der Waals surface area contributed by atoms with Crippen molar-refractivity contribution in [1.82, 2.24) is 5.32 Å². The zero-order valence-corrected chi connectivity index (χ0v) is 14.8. The molecule has 0 heterocycles. The number of hydrogen-bond acceptors (Lipinski definition) is 3. The Morgan fingerprint density at radius 1 is 1.15 bits per heavy atom. The predicted molar refractivity (Wildman–Crippen MR) is 99.1 cm³/mol. The summed E-state index contributed by atoms with van der Waals surface area (Å²) >= 11 is 0. The summed E-state index contributed by atoms with van der Waals surface area (Å²) < 4.78 is 18.3. The summed E-state index contributed by atoms with van der Waals surface area (Å²) in [5.41, 5.74) is 1.09. The fraction of sp³-hybridized carbons (Fsp3) is 0.263. The molecule has 2 rings (SSSR count). The van der Waals surface area contributed by atoms with Gasteiger partial charge >= 0.3 is 6.03 Å². The number of anilines is 2. The van der Waals surface area contributed by atoms with Gasteiger partial charge in [-0.15, -0.1) is 0 Å². The molecule has 2 aromatic rings. The summed E-state index contributed by atoms with van der Waals surface area (Å²) in [5, 5.41) is 5.51. The first-order valence-electron chi connectivity index (χ1n) is 8.28. The van der Waals surface area contributed by atoms with E-state index in [1.165, 1.54) is 29.2 Å². The lowest BCUT2D eigenvalue weighted by molar-refractivity contribution is -0.120. The van der Waals surface area contributed by atoms with Crippen LogP contribution in [0.4, 0.5) is 20.6 Å². The van der Waals surface area contributed by atoms with Crippen LogP contribution >= 0.6 is 0 Å². The quantitative estimate of drug-likeness (QED) is 0.796. The third kappa shape index (κ3) is 5.47. The number of nitrogens with zero attached hydrogens (tertiary/aromatic N) is 1. The van der Waals surface area contributed by atoms with Gasteiger partial charge in [0.1, 0.15) is 11.6 Å². The third-order valence-corrected chi connectivity index (χ3v) is 3.68.